The second-order valence-electron chi connectivity index (χ2n) is 7.59. The van der Waals surface area contributed by atoms with Crippen LogP contribution in [0.25, 0.3) is 5.69 Å². The first-order valence-electron chi connectivity index (χ1n) is 9.90. The molecule has 29 heavy (non-hydrogen) atoms. The summed E-state index contributed by atoms with van der Waals surface area (Å²) in [6, 6.07) is 27.4. The summed E-state index contributed by atoms with van der Waals surface area (Å²) in [4.78, 5) is 1.31. The molecule has 0 aliphatic rings. The number of nitrogens with zero attached hydrogens (tertiary/aromatic N) is 4. The van der Waals surface area contributed by atoms with Crippen molar-refractivity contribution in [3.05, 3.63) is 107 Å². The van der Waals surface area contributed by atoms with E-state index in [0.717, 1.165) is 23.6 Å². The highest BCUT2D eigenvalue weighted by Crippen LogP contribution is 2.21. The Balaban J connectivity index is 1.76. The van der Waals surface area contributed by atoms with E-state index in [1.54, 1.807) is 0 Å². The smallest absolute Gasteiger partial charge is 0.218 e. The number of para-hydroxylation sites is 1. The number of nitrogens with one attached hydrogen (secondary N) is 1. The van der Waals surface area contributed by atoms with Gasteiger partial charge in [-0.15, -0.1) is 5.10 Å². The molecule has 0 amide bonds. The Morgan fingerprint density at radius 1 is 0.862 bits per heavy atom. The van der Waals surface area contributed by atoms with Crippen LogP contribution in [-0.2, 0) is 6.54 Å². The van der Waals surface area contributed by atoms with Gasteiger partial charge in [-0.3, -0.25) is 0 Å². The van der Waals surface area contributed by atoms with Crippen LogP contribution >= 0.6 is 0 Å². The van der Waals surface area contributed by atoms with E-state index in [1.807, 2.05) is 22.9 Å². The third kappa shape index (κ3) is 4.10. The van der Waals surface area contributed by atoms with Gasteiger partial charge in [0.25, 0.3) is 0 Å². The molecule has 0 aliphatic carbocycles. The van der Waals surface area contributed by atoms with Crippen molar-refractivity contribution in [2.75, 3.05) is 7.05 Å². The van der Waals surface area contributed by atoms with Crippen LogP contribution in [0.3, 0.4) is 0 Å². The Labute approximate surface area is 171 Å². The molecule has 4 rings (SSSR count). The Kier molecular flexibility index (Phi) is 5.49. The summed E-state index contributed by atoms with van der Waals surface area (Å²) in [6.45, 7) is 5.07. The van der Waals surface area contributed by atoms with Gasteiger partial charge in [0.1, 0.15) is 6.54 Å². The molecule has 1 unspecified atom stereocenters. The van der Waals surface area contributed by atoms with Crippen LogP contribution in [0.2, 0.25) is 0 Å². The molecule has 5 heteroatoms. The molecule has 5 nitrogen and oxygen atoms in total. The summed E-state index contributed by atoms with van der Waals surface area (Å²) < 4.78 is 1.88. The average molecular weight is 385 g/mol. The third-order valence-electron chi connectivity index (χ3n) is 5.32. The lowest BCUT2D eigenvalue weighted by molar-refractivity contribution is -0.920. The minimum absolute atomic E-state index is 0.00658. The standard InChI is InChI=1S/C24H25N5/c1-18-13-15-20(16-14-18)17-28(3)23(21-10-5-4-6-11-21)24-25-26-27-29(24)22-12-8-7-9-19(22)2/h4-16,23H,17H2,1-3H3/p+1/t23-/m1/s1. The molecule has 0 aliphatic heterocycles. The lowest BCUT2D eigenvalue weighted by Crippen LogP contribution is -3.08. The molecule has 0 spiro atoms. The van der Waals surface area contributed by atoms with E-state index >= 15 is 0 Å². The summed E-state index contributed by atoms with van der Waals surface area (Å²) >= 11 is 0. The quantitative estimate of drug-likeness (QED) is 0.556. The molecule has 0 saturated carbocycles. The van der Waals surface area contributed by atoms with Crippen molar-refractivity contribution in [1.29, 1.82) is 0 Å². The first-order valence-corrected chi connectivity index (χ1v) is 9.90. The average Bonchev–Trinajstić information content (AvgIpc) is 3.20. The van der Waals surface area contributed by atoms with Gasteiger partial charge in [-0.25, -0.2) is 0 Å². The van der Waals surface area contributed by atoms with Gasteiger partial charge >= 0.3 is 0 Å². The predicted molar refractivity (Wildman–Crippen MR) is 114 cm³/mol. The lowest BCUT2D eigenvalue weighted by Gasteiger charge is -2.25. The van der Waals surface area contributed by atoms with Gasteiger partial charge in [-0.1, -0.05) is 78.4 Å². The van der Waals surface area contributed by atoms with Crippen LogP contribution in [-0.4, -0.2) is 27.3 Å². The minimum Gasteiger partial charge on any atom is -0.321 e. The molecule has 0 bridgehead atoms. The van der Waals surface area contributed by atoms with Crippen molar-refractivity contribution in [2.24, 2.45) is 0 Å². The number of hydrogen-bond acceptors (Lipinski definition) is 3. The SMILES string of the molecule is Cc1ccc(C[NH+](C)[C@H](c2ccccc2)c2nnnn2-c2ccccc2C)cc1. The summed E-state index contributed by atoms with van der Waals surface area (Å²) in [5.74, 6) is 0.843. The van der Waals surface area contributed by atoms with Crippen molar-refractivity contribution in [3.8, 4) is 5.69 Å². The van der Waals surface area contributed by atoms with Crippen molar-refractivity contribution in [1.82, 2.24) is 20.2 Å². The number of benzene rings is 3. The van der Waals surface area contributed by atoms with Crippen LogP contribution in [0, 0.1) is 13.8 Å². The van der Waals surface area contributed by atoms with Crippen molar-refractivity contribution < 1.29 is 4.90 Å². The highest BCUT2D eigenvalue weighted by atomic mass is 15.6. The normalized spacial score (nSPS) is 13.2. The van der Waals surface area contributed by atoms with E-state index in [4.69, 9.17) is 0 Å². The molecule has 0 saturated heterocycles. The van der Waals surface area contributed by atoms with Gasteiger partial charge in [0.15, 0.2) is 6.04 Å². The first kappa shape index (κ1) is 19.0. The Hall–Kier alpha value is -3.31. The van der Waals surface area contributed by atoms with Crippen LogP contribution in [0.1, 0.15) is 34.1 Å². The van der Waals surface area contributed by atoms with Gasteiger partial charge in [-0.05, 0) is 35.9 Å². The molecule has 146 valence electrons. The Bertz CT molecular complexity index is 1070. The number of quaternary nitrogens is 1. The summed E-state index contributed by atoms with van der Waals surface area (Å²) in [5, 5.41) is 12.8. The van der Waals surface area contributed by atoms with Gasteiger partial charge in [0.05, 0.1) is 12.7 Å². The molecule has 0 fully saturated rings. The van der Waals surface area contributed by atoms with Crippen LogP contribution < -0.4 is 4.90 Å². The van der Waals surface area contributed by atoms with E-state index < -0.39 is 0 Å². The zero-order chi connectivity index (χ0) is 20.2. The van der Waals surface area contributed by atoms with Gasteiger partial charge in [0.2, 0.25) is 5.82 Å². The van der Waals surface area contributed by atoms with E-state index in [2.05, 4.69) is 97.1 Å². The first-order chi connectivity index (χ1) is 14.1. The molecule has 1 N–H and O–H groups in total. The Morgan fingerprint density at radius 3 is 2.28 bits per heavy atom. The fraction of sp³-hybridized carbons (Fsp3) is 0.208. The molecule has 0 radical (unpaired) electrons. The highest BCUT2D eigenvalue weighted by Gasteiger charge is 2.30. The van der Waals surface area contributed by atoms with E-state index in [1.165, 1.54) is 21.6 Å². The monoisotopic (exact) mass is 384 g/mol. The molecule has 2 atom stereocenters. The fourth-order valence-electron chi connectivity index (χ4n) is 3.78. The highest BCUT2D eigenvalue weighted by molar-refractivity contribution is 5.40. The number of hydrogen-bond donors (Lipinski definition) is 1. The van der Waals surface area contributed by atoms with Gasteiger partial charge < -0.3 is 4.90 Å². The van der Waals surface area contributed by atoms with Gasteiger partial charge in [-0.2, -0.15) is 4.68 Å². The fourth-order valence-corrected chi connectivity index (χ4v) is 3.78. The largest absolute Gasteiger partial charge is 0.321 e. The maximum Gasteiger partial charge on any atom is 0.218 e. The number of aryl methyl sites for hydroxylation is 2. The topological polar surface area (TPSA) is 48.0 Å². The maximum absolute atomic E-state index is 4.47. The second-order valence-corrected chi connectivity index (χ2v) is 7.59. The van der Waals surface area contributed by atoms with Crippen molar-refractivity contribution in [2.45, 2.75) is 26.4 Å². The van der Waals surface area contributed by atoms with E-state index in [-0.39, 0.29) is 6.04 Å². The molecule has 4 aromatic rings. The summed E-state index contributed by atoms with van der Waals surface area (Å²) in [6.07, 6.45) is 0. The number of tetrazole rings is 1. The number of rotatable bonds is 6. The third-order valence-corrected chi connectivity index (χ3v) is 5.32. The maximum atomic E-state index is 4.47. The van der Waals surface area contributed by atoms with Crippen LogP contribution in [0.4, 0.5) is 0 Å². The van der Waals surface area contributed by atoms with Crippen LogP contribution in [0.5, 0.6) is 0 Å². The molecule has 3 aromatic carbocycles. The lowest BCUT2D eigenvalue weighted by atomic mass is 10.0. The van der Waals surface area contributed by atoms with Crippen molar-refractivity contribution in [3.63, 3.8) is 0 Å². The van der Waals surface area contributed by atoms with Gasteiger partial charge in [0, 0.05) is 11.1 Å². The Morgan fingerprint density at radius 2 is 1.55 bits per heavy atom. The summed E-state index contributed by atoms with van der Waals surface area (Å²) in [5.41, 5.74) is 5.92. The minimum atomic E-state index is 0.00658. The van der Waals surface area contributed by atoms with E-state index in [9.17, 15) is 0 Å². The molecule has 1 aromatic heterocycles. The molecular formula is C24H26N5+. The number of aromatic nitrogens is 4. The zero-order valence-electron chi connectivity index (χ0n) is 17.1. The second kappa shape index (κ2) is 8.37. The zero-order valence-corrected chi connectivity index (χ0v) is 17.1. The summed E-state index contributed by atoms with van der Waals surface area (Å²) in [7, 11) is 2.20. The predicted octanol–water partition coefficient (Wildman–Crippen LogP) is 3.08. The molecule has 1 heterocycles. The molecular weight excluding hydrogens is 358 g/mol. The van der Waals surface area contributed by atoms with Crippen molar-refractivity contribution >= 4 is 0 Å². The van der Waals surface area contributed by atoms with Crippen LogP contribution in [0.15, 0.2) is 78.9 Å². The van der Waals surface area contributed by atoms with E-state index in [0.29, 0.717) is 0 Å².